The molecule has 1 aromatic rings. The fourth-order valence-corrected chi connectivity index (χ4v) is 1.63. The van der Waals surface area contributed by atoms with Crippen LogP contribution in [0.4, 0.5) is 5.69 Å². The van der Waals surface area contributed by atoms with E-state index >= 15 is 0 Å². The molecule has 0 fully saturated rings. The summed E-state index contributed by atoms with van der Waals surface area (Å²) >= 11 is 0. The summed E-state index contributed by atoms with van der Waals surface area (Å²) < 4.78 is 10.2. The second kappa shape index (κ2) is 9.90. The average Bonchev–Trinajstić information content (AvgIpc) is 2.46. The summed E-state index contributed by atoms with van der Waals surface area (Å²) in [5.74, 6) is -1.05. The monoisotopic (exact) mass is 295 g/mol. The van der Waals surface area contributed by atoms with Crippen LogP contribution in [0.3, 0.4) is 0 Å². The van der Waals surface area contributed by atoms with Crippen LogP contribution >= 0.6 is 0 Å². The van der Waals surface area contributed by atoms with Crippen molar-refractivity contribution in [2.24, 2.45) is 0 Å². The Morgan fingerprint density at radius 3 is 2.43 bits per heavy atom. The highest BCUT2D eigenvalue weighted by Crippen LogP contribution is 2.11. The lowest BCUT2D eigenvalue weighted by Gasteiger charge is -2.07. The number of ether oxygens (including phenoxy) is 2. The number of hydrogen-bond donors (Lipinski definition) is 2. The van der Waals surface area contributed by atoms with Gasteiger partial charge >= 0.3 is 5.97 Å². The molecule has 0 bridgehead atoms. The first kappa shape index (κ1) is 17.1. The highest BCUT2D eigenvalue weighted by atomic mass is 16.5. The molecule has 0 spiro atoms. The van der Waals surface area contributed by atoms with Crippen molar-refractivity contribution in [3.05, 3.63) is 29.8 Å². The summed E-state index contributed by atoms with van der Waals surface area (Å²) in [6.45, 7) is 3.36. The zero-order valence-electron chi connectivity index (χ0n) is 12.1. The van der Waals surface area contributed by atoms with Crippen LogP contribution in [-0.4, -0.2) is 43.4 Å². The fourth-order valence-electron chi connectivity index (χ4n) is 1.63. The molecule has 1 amide bonds. The molecule has 0 saturated heterocycles. The maximum absolute atomic E-state index is 11.6. The van der Waals surface area contributed by atoms with Crippen molar-refractivity contribution in [1.29, 1.82) is 0 Å². The number of rotatable bonds is 10. The molecule has 0 atom stereocenters. The largest absolute Gasteiger partial charge is 0.481 e. The number of carbonyl (C=O) groups excluding carboxylic acids is 1. The van der Waals surface area contributed by atoms with Crippen molar-refractivity contribution < 1.29 is 24.2 Å². The maximum Gasteiger partial charge on any atom is 0.303 e. The lowest BCUT2D eigenvalue weighted by atomic mass is 10.1. The van der Waals surface area contributed by atoms with Crippen LogP contribution in [0.25, 0.3) is 0 Å². The minimum Gasteiger partial charge on any atom is -0.481 e. The van der Waals surface area contributed by atoms with Crippen LogP contribution in [0.2, 0.25) is 0 Å². The van der Waals surface area contributed by atoms with Gasteiger partial charge in [0.1, 0.15) is 6.61 Å². The Morgan fingerprint density at radius 2 is 1.81 bits per heavy atom. The van der Waals surface area contributed by atoms with Gasteiger partial charge in [0.05, 0.1) is 13.2 Å². The standard InChI is InChI=1S/C15H21NO5/c1-2-20-9-10-21-11-14(17)16-13-6-3-12(4-7-13)5-8-15(18)19/h3-4,6-7H,2,5,8-11H2,1H3,(H,16,17)(H,18,19). The second-order valence-electron chi connectivity index (χ2n) is 4.39. The van der Waals surface area contributed by atoms with E-state index < -0.39 is 5.97 Å². The molecule has 0 aliphatic heterocycles. The lowest BCUT2D eigenvalue weighted by Crippen LogP contribution is -2.19. The third-order valence-electron chi connectivity index (χ3n) is 2.67. The first-order valence-corrected chi connectivity index (χ1v) is 6.88. The topological polar surface area (TPSA) is 84.9 Å². The highest BCUT2D eigenvalue weighted by Gasteiger charge is 2.03. The van der Waals surface area contributed by atoms with E-state index in [9.17, 15) is 9.59 Å². The zero-order valence-corrected chi connectivity index (χ0v) is 12.1. The summed E-state index contributed by atoms with van der Waals surface area (Å²) in [5, 5.41) is 11.3. The van der Waals surface area contributed by atoms with Gasteiger partial charge < -0.3 is 19.9 Å². The number of anilines is 1. The number of carboxylic acids is 1. The predicted molar refractivity (Wildman–Crippen MR) is 78.3 cm³/mol. The van der Waals surface area contributed by atoms with E-state index in [1.807, 2.05) is 6.92 Å². The minimum atomic E-state index is -0.823. The first-order valence-electron chi connectivity index (χ1n) is 6.88. The van der Waals surface area contributed by atoms with Gasteiger partial charge in [0.25, 0.3) is 0 Å². The van der Waals surface area contributed by atoms with E-state index in [-0.39, 0.29) is 18.9 Å². The molecule has 0 radical (unpaired) electrons. The Morgan fingerprint density at radius 1 is 1.14 bits per heavy atom. The molecule has 0 saturated carbocycles. The van der Waals surface area contributed by atoms with Gasteiger partial charge in [-0.25, -0.2) is 0 Å². The molecular formula is C15H21NO5. The molecule has 6 heteroatoms. The predicted octanol–water partition coefficient (Wildman–Crippen LogP) is 1.70. The number of hydrogen-bond acceptors (Lipinski definition) is 4. The molecule has 21 heavy (non-hydrogen) atoms. The summed E-state index contributed by atoms with van der Waals surface area (Å²) in [7, 11) is 0. The molecule has 1 rings (SSSR count). The number of aliphatic carboxylic acids is 1. The van der Waals surface area contributed by atoms with Gasteiger partial charge in [-0.05, 0) is 31.0 Å². The van der Waals surface area contributed by atoms with Crippen molar-refractivity contribution in [1.82, 2.24) is 0 Å². The second-order valence-corrected chi connectivity index (χ2v) is 4.39. The van der Waals surface area contributed by atoms with Crippen LogP contribution in [0.15, 0.2) is 24.3 Å². The van der Waals surface area contributed by atoms with E-state index in [0.717, 1.165) is 5.56 Å². The third-order valence-corrected chi connectivity index (χ3v) is 2.67. The van der Waals surface area contributed by atoms with Gasteiger partial charge in [-0.2, -0.15) is 0 Å². The lowest BCUT2D eigenvalue weighted by molar-refractivity contribution is -0.137. The minimum absolute atomic E-state index is 0.0200. The van der Waals surface area contributed by atoms with E-state index in [0.29, 0.717) is 31.9 Å². The Balaban J connectivity index is 2.27. The Hall–Kier alpha value is -1.92. The maximum atomic E-state index is 11.6. The Labute approximate surface area is 124 Å². The van der Waals surface area contributed by atoms with Crippen LogP contribution in [0.5, 0.6) is 0 Å². The molecule has 2 N–H and O–H groups in total. The number of benzene rings is 1. The molecule has 0 aliphatic rings. The molecule has 0 aromatic heterocycles. The Bertz CT molecular complexity index is 444. The molecule has 6 nitrogen and oxygen atoms in total. The molecule has 0 aliphatic carbocycles. The number of aryl methyl sites for hydroxylation is 1. The summed E-state index contributed by atoms with van der Waals surface area (Å²) in [5.41, 5.74) is 1.58. The number of amides is 1. The average molecular weight is 295 g/mol. The van der Waals surface area contributed by atoms with Crippen LogP contribution < -0.4 is 5.32 Å². The number of carbonyl (C=O) groups is 2. The van der Waals surface area contributed by atoms with Gasteiger partial charge in [-0.1, -0.05) is 12.1 Å². The number of nitrogens with one attached hydrogen (secondary N) is 1. The van der Waals surface area contributed by atoms with Crippen LogP contribution in [0.1, 0.15) is 18.9 Å². The highest BCUT2D eigenvalue weighted by molar-refractivity contribution is 5.91. The van der Waals surface area contributed by atoms with Crippen molar-refractivity contribution in [2.45, 2.75) is 19.8 Å². The van der Waals surface area contributed by atoms with Crippen molar-refractivity contribution in [3.63, 3.8) is 0 Å². The van der Waals surface area contributed by atoms with Crippen molar-refractivity contribution >= 4 is 17.6 Å². The van der Waals surface area contributed by atoms with E-state index in [2.05, 4.69) is 5.32 Å². The fraction of sp³-hybridized carbons (Fsp3) is 0.467. The van der Waals surface area contributed by atoms with E-state index in [4.69, 9.17) is 14.6 Å². The summed E-state index contributed by atoms with van der Waals surface area (Å²) in [6.07, 6.45) is 0.573. The quantitative estimate of drug-likeness (QED) is 0.642. The van der Waals surface area contributed by atoms with Crippen LogP contribution in [0, 0.1) is 0 Å². The van der Waals surface area contributed by atoms with Crippen molar-refractivity contribution in [2.75, 3.05) is 31.7 Å². The van der Waals surface area contributed by atoms with E-state index in [1.165, 1.54) is 0 Å². The zero-order chi connectivity index (χ0) is 15.5. The summed E-state index contributed by atoms with van der Waals surface area (Å²) in [4.78, 5) is 22.1. The molecule has 116 valence electrons. The van der Waals surface area contributed by atoms with Gasteiger partial charge in [-0.3, -0.25) is 9.59 Å². The van der Waals surface area contributed by atoms with Crippen LogP contribution in [-0.2, 0) is 25.5 Å². The van der Waals surface area contributed by atoms with Gasteiger partial charge in [0.15, 0.2) is 0 Å². The Kier molecular flexibility index (Phi) is 8.08. The molecule has 0 unspecified atom stereocenters. The van der Waals surface area contributed by atoms with Gasteiger partial charge in [0.2, 0.25) is 5.91 Å². The molecular weight excluding hydrogens is 274 g/mol. The normalized spacial score (nSPS) is 10.3. The SMILES string of the molecule is CCOCCOCC(=O)Nc1ccc(CCC(=O)O)cc1. The molecule has 1 aromatic carbocycles. The third kappa shape index (κ3) is 8.06. The smallest absolute Gasteiger partial charge is 0.303 e. The van der Waals surface area contributed by atoms with Crippen molar-refractivity contribution in [3.8, 4) is 0 Å². The van der Waals surface area contributed by atoms with E-state index in [1.54, 1.807) is 24.3 Å². The molecule has 0 heterocycles. The summed E-state index contributed by atoms with van der Waals surface area (Å²) in [6, 6.07) is 7.09. The van der Waals surface area contributed by atoms with Gasteiger partial charge in [-0.15, -0.1) is 0 Å². The number of carboxylic acid groups (broad SMARTS) is 1. The first-order chi connectivity index (χ1) is 10.1. The van der Waals surface area contributed by atoms with Gasteiger partial charge in [0, 0.05) is 18.7 Å².